The molecule has 3 heteroatoms. The summed E-state index contributed by atoms with van der Waals surface area (Å²) in [6.07, 6.45) is 8.73. The van der Waals surface area contributed by atoms with E-state index in [9.17, 15) is 0 Å². The number of hydrogen-bond donors (Lipinski definition) is 1. The van der Waals surface area contributed by atoms with Crippen LogP contribution in [0.3, 0.4) is 0 Å². The van der Waals surface area contributed by atoms with Crippen LogP contribution >= 0.6 is 0 Å². The van der Waals surface area contributed by atoms with Gasteiger partial charge in [-0.25, -0.2) is 0 Å². The maximum atomic E-state index is 4.58. The lowest BCUT2D eigenvalue weighted by molar-refractivity contribution is 0.150. The minimum atomic E-state index is 0.766. The summed E-state index contributed by atoms with van der Waals surface area (Å²) in [5.41, 5.74) is 2.62. The highest BCUT2D eigenvalue weighted by atomic mass is 15.1. The average Bonchev–Trinajstić information content (AvgIpc) is 3.09. The van der Waals surface area contributed by atoms with Crippen LogP contribution in [0.1, 0.15) is 43.4 Å². The molecule has 18 heavy (non-hydrogen) atoms. The summed E-state index contributed by atoms with van der Waals surface area (Å²) >= 11 is 0. The van der Waals surface area contributed by atoms with E-state index in [0.29, 0.717) is 0 Å². The van der Waals surface area contributed by atoms with Gasteiger partial charge in [0.1, 0.15) is 0 Å². The molecule has 0 bridgehead atoms. The minimum absolute atomic E-state index is 0.766. The zero-order chi connectivity index (χ0) is 12.4. The van der Waals surface area contributed by atoms with Crippen LogP contribution in [-0.4, -0.2) is 29.0 Å². The number of nitrogens with zero attached hydrogens (tertiary/aromatic N) is 2. The summed E-state index contributed by atoms with van der Waals surface area (Å²) in [6.45, 7) is 1.97. The van der Waals surface area contributed by atoms with Crippen LogP contribution in [0.15, 0.2) is 18.3 Å². The van der Waals surface area contributed by atoms with Crippen molar-refractivity contribution in [2.45, 2.75) is 57.3 Å². The summed E-state index contributed by atoms with van der Waals surface area (Å²) in [5, 5.41) is 3.59. The van der Waals surface area contributed by atoms with Gasteiger partial charge in [-0.2, -0.15) is 0 Å². The molecular formula is C15H23N3. The lowest BCUT2D eigenvalue weighted by Gasteiger charge is -2.34. The standard InChI is InChI=1S/C15H23N3/c1-18(14-5-2-6-14)11-15-12(4-3-9-16-15)10-17-13-7-8-13/h3-4,9,13-14,17H,2,5-8,10-11H2,1H3. The molecular weight excluding hydrogens is 222 g/mol. The molecule has 1 heterocycles. The van der Waals surface area contributed by atoms with Crippen molar-refractivity contribution in [2.75, 3.05) is 7.05 Å². The van der Waals surface area contributed by atoms with E-state index in [2.05, 4.69) is 34.4 Å². The van der Waals surface area contributed by atoms with Gasteiger partial charge in [-0.15, -0.1) is 0 Å². The Hall–Kier alpha value is -0.930. The van der Waals surface area contributed by atoms with Crippen molar-refractivity contribution in [1.29, 1.82) is 0 Å². The molecule has 2 saturated carbocycles. The number of pyridine rings is 1. The van der Waals surface area contributed by atoms with Crippen LogP contribution in [-0.2, 0) is 13.1 Å². The zero-order valence-corrected chi connectivity index (χ0v) is 11.2. The molecule has 0 spiro atoms. The van der Waals surface area contributed by atoms with E-state index in [1.807, 2.05) is 6.20 Å². The molecule has 1 aromatic heterocycles. The Balaban J connectivity index is 1.61. The van der Waals surface area contributed by atoms with Gasteiger partial charge < -0.3 is 5.32 Å². The third-order valence-electron chi connectivity index (χ3n) is 4.24. The SMILES string of the molecule is CN(Cc1ncccc1CNC1CC1)C1CCC1. The molecule has 0 amide bonds. The van der Waals surface area contributed by atoms with Crippen LogP contribution in [0, 0.1) is 0 Å². The van der Waals surface area contributed by atoms with Gasteiger partial charge in [0.25, 0.3) is 0 Å². The first-order chi connectivity index (χ1) is 8.83. The second-order valence-electron chi connectivity index (χ2n) is 5.76. The van der Waals surface area contributed by atoms with Crippen molar-refractivity contribution in [3.63, 3.8) is 0 Å². The van der Waals surface area contributed by atoms with Gasteiger partial charge in [0.2, 0.25) is 0 Å². The van der Waals surface area contributed by atoms with Gasteiger partial charge in [-0.1, -0.05) is 12.5 Å². The molecule has 0 aliphatic heterocycles. The highest BCUT2D eigenvalue weighted by Crippen LogP contribution is 2.25. The zero-order valence-electron chi connectivity index (χ0n) is 11.2. The van der Waals surface area contributed by atoms with Gasteiger partial charge in [-0.05, 0) is 44.4 Å². The first kappa shape index (κ1) is 12.1. The second-order valence-corrected chi connectivity index (χ2v) is 5.76. The Morgan fingerprint density at radius 2 is 2.17 bits per heavy atom. The quantitative estimate of drug-likeness (QED) is 0.833. The van der Waals surface area contributed by atoms with Crippen molar-refractivity contribution in [2.24, 2.45) is 0 Å². The molecule has 2 aliphatic rings. The fourth-order valence-corrected chi connectivity index (χ4v) is 2.51. The van der Waals surface area contributed by atoms with Gasteiger partial charge >= 0.3 is 0 Å². The van der Waals surface area contributed by atoms with Crippen LogP contribution in [0.2, 0.25) is 0 Å². The lowest BCUT2D eigenvalue weighted by Crippen LogP contribution is -2.37. The average molecular weight is 245 g/mol. The molecule has 0 saturated heterocycles. The highest BCUT2D eigenvalue weighted by Gasteiger charge is 2.23. The molecule has 1 aromatic rings. The maximum absolute atomic E-state index is 4.58. The lowest BCUT2D eigenvalue weighted by atomic mass is 9.91. The number of aromatic nitrogens is 1. The highest BCUT2D eigenvalue weighted by molar-refractivity contribution is 5.20. The molecule has 0 aromatic carbocycles. The minimum Gasteiger partial charge on any atom is -0.310 e. The normalized spacial score (nSPS) is 20.1. The van der Waals surface area contributed by atoms with E-state index in [1.165, 1.54) is 43.4 Å². The van der Waals surface area contributed by atoms with E-state index in [1.54, 1.807) is 0 Å². The fourth-order valence-electron chi connectivity index (χ4n) is 2.51. The Kier molecular flexibility index (Phi) is 3.62. The Morgan fingerprint density at radius 3 is 2.83 bits per heavy atom. The molecule has 2 fully saturated rings. The van der Waals surface area contributed by atoms with Crippen molar-refractivity contribution in [3.8, 4) is 0 Å². The van der Waals surface area contributed by atoms with Crippen molar-refractivity contribution < 1.29 is 0 Å². The molecule has 0 radical (unpaired) electrons. The monoisotopic (exact) mass is 245 g/mol. The number of nitrogens with one attached hydrogen (secondary N) is 1. The summed E-state index contributed by atoms with van der Waals surface area (Å²) in [7, 11) is 2.23. The van der Waals surface area contributed by atoms with Gasteiger partial charge in [-0.3, -0.25) is 9.88 Å². The molecule has 0 unspecified atom stereocenters. The topological polar surface area (TPSA) is 28.2 Å². The number of hydrogen-bond acceptors (Lipinski definition) is 3. The largest absolute Gasteiger partial charge is 0.310 e. The molecule has 3 rings (SSSR count). The summed E-state index contributed by atoms with van der Waals surface area (Å²) < 4.78 is 0. The number of rotatable bonds is 6. The van der Waals surface area contributed by atoms with E-state index in [0.717, 1.165) is 25.2 Å². The summed E-state index contributed by atoms with van der Waals surface area (Å²) in [4.78, 5) is 7.04. The fraction of sp³-hybridized carbons (Fsp3) is 0.667. The Labute approximate surface area is 110 Å². The summed E-state index contributed by atoms with van der Waals surface area (Å²) in [6, 6.07) is 5.82. The second kappa shape index (κ2) is 5.37. The van der Waals surface area contributed by atoms with E-state index in [4.69, 9.17) is 0 Å². The Bertz CT molecular complexity index is 396. The van der Waals surface area contributed by atoms with Crippen molar-refractivity contribution >= 4 is 0 Å². The van der Waals surface area contributed by atoms with Crippen LogP contribution in [0.5, 0.6) is 0 Å². The first-order valence-electron chi connectivity index (χ1n) is 7.19. The molecule has 3 nitrogen and oxygen atoms in total. The molecule has 1 N–H and O–H groups in total. The Morgan fingerprint density at radius 1 is 1.33 bits per heavy atom. The van der Waals surface area contributed by atoms with Crippen molar-refractivity contribution in [1.82, 2.24) is 15.2 Å². The van der Waals surface area contributed by atoms with Gasteiger partial charge in [0, 0.05) is 31.4 Å². The smallest absolute Gasteiger partial charge is 0.0588 e. The van der Waals surface area contributed by atoms with Crippen LogP contribution in [0.25, 0.3) is 0 Å². The molecule has 0 atom stereocenters. The van der Waals surface area contributed by atoms with Gasteiger partial charge in [0.05, 0.1) is 5.69 Å². The van der Waals surface area contributed by atoms with E-state index >= 15 is 0 Å². The van der Waals surface area contributed by atoms with Crippen molar-refractivity contribution in [3.05, 3.63) is 29.6 Å². The molecule has 2 aliphatic carbocycles. The third kappa shape index (κ3) is 2.90. The van der Waals surface area contributed by atoms with E-state index in [-0.39, 0.29) is 0 Å². The predicted molar refractivity (Wildman–Crippen MR) is 73.2 cm³/mol. The van der Waals surface area contributed by atoms with Gasteiger partial charge in [0.15, 0.2) is 0 Å². The van der Waals surface area contributed by atoms with Crippen LogP contribution in [0.4, 0.5) is 0 Å². The van der Waals surface area contributed by atoms with E-state index < -0.39 is 0 Å². The predicted octanol–water partition coefficient (Wildman–Crippen LogP) is 2.32. The third-order valence-corrected chi connectivity index (χ3v) is 4.24. The van der Waals surface area contributed by atoms with Crippen LogP contribution < -0.4 is 5.32 Å². The maximum Gasteiger partial charge on any atom is 0.0588 e. The first-order valence-corrected chi connectivity index (χ1v) is 7.19. The summed E-state index contributed by atoms with van der Waals surface area (Å²) in [5.74, 6) is 0. The molecule has 98 valence electrons.